The first-order valence-corrected chi connectivity index (χ1v) is 35.4. The zero-order valence-electron chi connectivity index (χ0n) is 53.9. The van der Waals surface area contributed by atoms with Gasteiger partial charge in [-0.05, 0) is 96.3 Å². The Morgan fingerprint density at radius 1 is 0.390 bits per heavy atom. The number of nitrogens with zero attached hydrogens (tertiary/aromatic N) is 1. The molecule has 2 atom stereocenters. The Bertz CT molecular complexity index is 1710. The van der Waals surface area contributed by atoms with Crippen molar-refractivity contribution in [3.63, 3.8) is 0 Å². The molecule has 0 aromatic rings. The van der Waals surface area contributed by atoms with E-state index in [4.69, 9.17) is 18.5 Å². The van der Waals surface area contributed by atoms with E-state index in [-0.39, 0.29) is 32.0 Å². The molecule has 0 radical (unpaired) electrons. The molecule has 0 rings (SSSR count). The first-order chi connectivity index (χ1) is 40.0. The number of phosphoric ester groups is 1. The van der Waals surface area contributed by atoms with E-state index in [9.17, 15) is 19.0 Å². The number of esters is 2. The van der Waals surface area contributed by atoms with Crippen molar-refractivity contribution in [2.45, 2.75) is 302 Å². The highest BCUT2D eigenvalue weighted by atomic mass is 31.2. The van der Waals surface area contributed by atoms with Crippen LogP contribution in [-0.2, 0) is 32.7 Å². The molecule has 0 saturated heterocycles. The number of carbonyl (C=O) groups excluding carboxylic acids is 2. The minimum absolute atomic E-state index is 0.0338. The second-order valence-electron chi connectivity index (χ2n) is 23.8. The molecule has 0 spiro atoms. The van der Waals surface area contributed by atoms with Crippen LogP contribution >= 0.6 is 7.82 Å². The summed E-state index contributed by atoms with van der Waals surface area (Å²) in [4.78, 5) is 38.0. The van der Waals surface area contributed by atoms with Crippen molar-refractivity contribution in [3.05, 3.63) is 97.2 Å². The van der Waals surface area contributed by atoms with E-state index in [0.717, 1.165) is 83.5 Å². The average molecular weight is 1170 g/mol. The minimum Gasteiger partial charge on any atom is -0.756 e. The molecule has 10 heteroatoms. The molecule has 0 saturated carbocycles. The normalized spacial score (nSPS) is 13.8. The van der Waals surface area contributed by atoms with E-state index in [1.807, 2.05) is 21.1 Å². The number of allylic oxidation sites excluding steroid dienone is 16. The van der Waals surface area contributed by atoms with E-state index in [1.165, 1.54) is 180 Å². The van der Waals surface area contributed by atoms with Crippen LogP contribution < -0.4 is 4.89 Å². The Kier molecular flexibility index (Phi) is 60.1. The second kappa shape index (κ2) is 62.5. The lowest BCUT2D eigenvalue weighted by atomic mass is 10.0. The molecule has 0 fully saturated rings. The molecule has 0 aromatic heterocycles. The standard InChI is InChI=1S/C72H128NO8P/c1-6-8-10-12-14-16-18-20-22-24-26-28-30-32-34-35-36-37-39-41-43-45-47-49-51-53-55-57-59-61-63-65-72(75)81-70(69-80-82(76,77)79-67-66-73(3,4)5)68-78-71(74)64-62-60-58-56-54-52-50-48-46-44-42-40-38-33-31-29-27-25-23-21-19-17-15-13-11-9-7-2/h8,10,14,16,19-22,25-28,31-34,70H,6-7,9,11-13,15,17-18,23-24,29-30,35-69H2,1-5H3/b10-8-,16-14-,21-19-,22-20-,27-25-,28-26-,33-31-,34-32-. The Hall–Kier alpha value is -3.07. The van der Waals surface area contributed by atoms with Gasteiger partial charge in [-0.2, -0.15) is 0 Å². The van der Waals surface area contributed by atoms with Crippen LogP contribution in [-0.4, -0.2) is 70.0 Å². The number of phosphoric acid groups is 1. The molecular weight excluding hydrogens is 1040 g/mol. The molecule has 0 aliphatic rings. The summed E-state index contributed by atoms with van der Waals surface area (Å²) in [6, 6.07) is 0. The van der Waals surface area contributed by atoms with Crippen LogP contribution in [0.4, 0.5) is 0 Å². The van der Waals surface area contributed by atoms with Crippen LogP contribution in [0.2, 0.25) is 0 Å². The Balaban J connectivity index is 4.07. The van der Waals surface area contributed by atoms with Crippen molar-refractivity contribution < 1.29 is 42.1 Å². The van der Waals surface area contributed by atoms with E-state index >= 15 is 0 Å². The van der Waals surface area contributed by atoms with Crippen LogP contribution in [0.1, 0.15) is 296 Å². The predicted octanol–water partition coefficient (Wildman–Crippen LogP) is 21.3. The highest BCUT2D eigenvalue weighted by molar-refractivity contribution is 7.45. The summed E-state index contributed by atoms with van der Waals surface area (Å²) in [5.74, 6) is -0.830. The number of ether oxygens (including phenoxy) is 2. The molecule has 0 amide bonds. The van der Waals surface area contributed by atoms with Crippen LogP contribution in [0.15, 0.2) is 97.2 Å². The lowest BCUT2D eigenvalue weighted by Gasteiger charge is -2.28. The fourth-order valence-electron chi connectivity index (χ4n) is 9.40. The third-order valence-corrected chi connectivity index (χ3v) is 15.6. The zero-order valence-corrected chi connectivity index (χ0v) is 54.8. The van der Waals surface area contributed by atoms with Gasteiger partial charge in [0.25, 0.3) is 7.82 Å². The molecule has 0 aliphatic carbocycles. The summed E-state index contributed by atoms with van der Waals surface area (Å²) in [7, 11) is 1.16. The van der Waals surface area contributed by atoms with Crippen molar-refractivity contribution in [1.82, 2.24) is 0 Å². The first-order valence-electron chi connectivity index (χ1n) is 33.9. The zero-order chi connectivity index (χ0) is 59.8. The number of unbranched alkanes of at least 4 members (excludes halogenated alkanes) is 32. The summed E-state index contributed by atoms with van der Waals surface area (Å²) < 4.78 is 34.3. The van der Waals surface area contributed by atoms with Crippen LogP contribution in [0, 0.1) is 0 Å². The molecule has 9 nitrogen and oxygen atoms in total. The Morgan fingerprint density at radius 2 is 0.695 bits per heavy atom. The molecule has 0 N–H and O–H groups in total. The lowest BCUT2D eigenvalue weighted by molar-refractivity contribution is -0.870. The van der Waals surface area contributed by atoms with Crippen molar-refractivity contribution >= 4 is 19.8 Å². The maximum absolute atomic E-state index is 12.9. The van der Waals surface area contributed by atoms with E-state index in [2.05, 4.69) is 111 Å². The predicted molar refractivity (Wildman–Crippen MR) is 351 cm³/mol. The van der Waals surface area contributed by atoms with Gasteiger partial charge in [0.15, 0.2) is 6.10 Å². The van der Waals surface area contributed by atoms with Gasteiger partial charge in [0.2, 0.25) is 0 Å². The van der Waals surface area contributed by atoms with Gasteiger partial charge >= 0.3 is 11.9 Å². The highest BCUT2D eigenvalue weighted by Crippen LogP contribution is 2.38. The van der Waals surface area contributed by atoms with Crippen molar-refractivity contribution in [2.24, 2.45) is 0 Å². The maximum atomic E-state index is 12.9. The topological polar surface area (TPSA) is 111 Å². The van der Waals surface area contributed by atoms with Crippen molar-refractivity contribution in [3.8, 4) is 0 Å². The van der Waals surface area contributed by atoms with E-state index in [1.54, 1.807) is 0 Å². The second-order valence-corrected chi connectivity index (χ2v) is 25.2. The highest BCUT2D eigenvalue weighted by Gasteiger charge is 2.22. The monoisotopic (exact) mass is 1170 g/mol. The molecule has 0 heterocycles. The number of hydrogen-bond acceptors (Lipinski definition) is 8. The number of hydrogen-bond donors (Lipinski definition) is 0. The summed E-state index contributed by atoms with van der Waals surface area (Å²) in [5, 5.41) is 0. The smallest absolute Gasteiger partial charge is 0.306 e. The average Bonchev–Trinajstić information content (AvgIpc) is 3.46. The largest absolute Gasteiger partial charge is 0.756 e. The summed E-state index contributed by atoms with van der Waals surface area (Å²) in [5.41, 5.74) is 0. The van der Waals surface area contributed by atoms with Gasteiger partial charge in [-0.3, -0.25) is 14.2 Å². The van der Waals surface area contributed by atoms with Gasteiger partial charge in [-0.15, -0.1) is 0 Å². The van der Waals surface area contributed by atoms with Gasteiger partial charge in [0.1, 0.15) is 19.8 Å². The fraction of sp³-hybridized carbons (Fsp3) is 0.750. The molecule has 474 valence electrons. The van der Waals surface area contributed by atoms with Gasteiger partial charge in [0, 0.05) is 12.8 Å². The lowest BCUT2D eigenvalue weighted by Crippen LogP contribution is -2.37. The Labute approximate surface area is 506 Å². The van der Waals surface area contributed by atoms with Crippen LogP contribution in [0.5, 0.6) is 0 Å². The number of rotatable bonds is 62. The van der Waals surface area contributed by atoms with E-state index in [0.29, 0.717) is 17.4 Å². The third kappa shape index (κ3) is 66.1. The maximum Gasteiger partial charge on any atom is 0.306 e. The SMILES string of the molecule is CC/C=C\C/C=C\C/C=C\C/C=C\C/C=C\CCCCCCCCCCCCCCCCCC(=O)OC(COC(=O)CCCCCCCCCCCCCC/C=C\C/C=C\C/C=C\CCCCCCC)COP(=O)([O-])OCC[N+](C)(C)C. The number of quaternary nitrogens is 1. The quantitative estimate of drug-likeness (QED) is 0.0195. The summed E-state index contributed by atoms with van der Waals surface area (Å²) in [6.07, 6.45) is 86.1. The van der Waals surface area contributed by atoms with Crippen molar-refractivity contribution in [1.29, 1.82) is 0 Å². The molecule has 0 aromatic carbocycles. The minimum atomic E-state index is -4.65. The Morgan fingerprint density at radius 3 is 1.04 bits per heavy atom. The third-order valence-electron chi connectivity index (χ3n) is 14.6. The van der Waals surface area contributed by atoms with Gasteiger partial charge in [0.05, 0.1) is 27.7 Å². The molecule has 0 bridgehead atoms. The van der Waals surface area contributed by atoms with Gasteiger partial charge in [-0.1, -0.05) is 284 Å². The molecule has 2 unspecified atom stereocenters. The number of likely N-dealkylation sites (N-methyl/N-ethyl adjacent to an activating group) is 1. The molecule has 82 heavy (non-hydrogen) atoms. The van der Waals surface area contributed by atoms with E-state index < -0.39 is 26.5 Å². The summed E-state index contributed by atoms with van der Waals surface area (Å²) in [6.45, 7) is 4.14. The van der Waals surface area contributed by atoms with Gasteiger partial charge in [-0.25, -0.2) is 0 Å². The van der Waals surface area contributed by atoms with Crippen LogP contribution in [0.3, 0.4) is 0 Å². The van der Waals surface area contributed by atoms with Crippen molar-refractivity contribution in [2.75, 3.05) is 47.5 Å². The first kappa shape index (κ1) is 78.9. The fourth-order valence-corrected chi connectivity index (χ4v) is 10.1. The summed E-state index contributed by atoms with van der Waals surface area (Å²) >= 11 is 0. The number of carbonyl (C=O) groups is 2. The van der Waals surface area contributed by atoms with Gasteiger partial charge < -0.3 is 27.9 Å². The van der Waals surface area contributed by atoms with Crippen LogP contribution in [0.25, 0.3) is 0 Å². The molecule has 0 aliphatic heterocycles. The molecular formula is C72H128NO8P.